The molecule has 8 N–H and O–H groups in total. The molecule has 176 valence electrons. The van der Waals surface area contributed by atoms with Crippen LogP contribution in [0.4, 0.5) is 21.0 Å². The van der Waals surface area contributed by atoms with Gasteiger partial charge in [0.05, 0.1) is 50.5 Å². The predicted octanol–water partition coefficient (Wildman–Crippen LogP) is -0.981. The Kier molecular flexibility index (Phi) is 10.6. The summed E-state index contributed by atoms with van der Waals surface area (Å²) in [6.07, 6.45) is -1.73. The fourth-order valence-electron chi connectivity index (χ4n) is 2.19. The molecule has 0 bridgehead atoms. The lowest BCUT2D eigenvalue weighted by atomic mass is 9.93. The second-order valence-electron chi connectivity index (χ2n) is 7.38. The lowest BCUT2D eigenvalue weighted by Crippen LogP contribution is -2.40. The summed E-state index contributed by atoms with van der Waals surface area (Å²) in [6.45, 7) is -2.57. The Labute approximate surface area is 179 Å². The van der Waals surface area contributed by atoms with Crippen molar-refractivity contribution in [2.24, 2.45) is 10.8 Å². The Morgan fingerprint density at radius 1 is 0.774 bits per heavy atom. The maximum Gasteiger partial charge on any atom is 0.411 e. The van der Waals surface area contributed by atoms with Crippen LogP contribution < -0.4 is 10.6 Å². The zero-order valence-corrected chi connectivity index (χ0v) is 17.2. The van der Waals surface area contributed by atoms with Crippen LogP contribution in [0.1, 0.15) is 5.56 Å². The second kappa shape index (κ2) is 12.4. The Hall–Kier alpha value is -2.48. The van der Waals surface area contributed by atoms with Gasteiger partial charge in [0.15, 0.2) is 0 Å². The Balaban J connectivity index is 2.65. The van der Waals surface area contributed by atoms with Gasteiger partial charge < -0.3 is 40.1 Å². The van der Waals surface area contributed by atoms with Crippen molar-refractivity contribution in [1.82, 2.24) is 0 Å². The van der Waals surface area contributed by atoms with Gasteiger partial charge in [-0.1, -0.05) is 0 Å². The molecule has 0 radical (unpaired) electrons. The number of hydrogen-bond donors (Lipinski definition) is 8. The molecule has 0 aromatic heterocycles. The molecule has 0 aliphatic rings. The van der Waals surface area contributed by atoms with Gasteiger partial charge in [0.1, 0.15) is 13.2 Å². The molecule has 0 aliphatic heterocycles. The number of nitrogens with one attached hydrogen (secondary N) is 2. The summed E-state index contributed by atoms with van der Waals surface area (Å²) in [5.74, 6) is 0. The summed E-state index contributed by atoms with van der Waals surface area (Å²) < 4.78 is 9.88. The number of hydrogen-bond acceptors (Lipinski definition) is 10. The number of anilines is 2. The van der Waals surface area contributed by atoms with Gasteiger partial charge in [-0.15, -0.1) is 0 Å². The fourth-order valence-corrected chi connectivity index (χ4v) is 2.19. The third-order valence-electron chi connectivity index (χ3n) is 4.74. The van der Waals surface area contributed by atoms with Crippen LogP contribution in [0.5, 0.6) is 0 Å². The first kappa shape index (κ1) is 26.6. The van der Waals surface area contributed by atoms with E-state index in [4.69, 9.17) is 9.47 Å². The molecule has 0 atom stereocenters. The highest BCUT2D eigenvalue weighted by atomic mass is 16.6. The monoisotopic (exact) mass is 446 g/mol. The van der Waals surface area contributed by atoms with Crippen LogP contribution in [0.15, 0.2) is 18.2 Å². The second-order valence-corrected chi connectivity index (χ2v) is 7.38. The molecule has 1 rings (SSSR count). The smallest absolute Gasteiger partial charge is 0.411 e. The average Bonchev–Trinajstić information content (AvgIpc) is 2.78. The van der Waals surface area contributed by atoms with Crippen LogP contribution in [0.3, 0.4) is 0 Å². The minimum absolute atomic E-state index is 0.337. The van der Waals surface area contributed by atoms with E-state index in [0.29, 0.717) is 16.9 Å². The van der Waals surface area contributed by atoms with Crippen LogP contribution >= 0.6 is 0 Å². The van der Waals surface area contributed by atoms with E-state index in [0.717, 1.165) is 0 Å². The molecule has 12 heteroatoms. The molecule has 12 nitrogen and oxygen atoms in total. The zero-order chi connectivity index (χ0) is 23.5. The van der Waals surface area contributed by atoms with Crippen LogP contribution in [-0.4, -0.2) is 95.7 Å². The quantitative estimate of drug-likeness (QED) is 0.197. The number of aryl methyl sites for hydroxylation is 1. The molecule has 0 fully saturated rings. The van der Waals surface area contributed by atoms with E-state index in [2.05, 4.69) is 10.6 Å². The van der Waals surface area contributed by atoms with Gasteiger partial charge in [-0.05, 0) is 30.7 Å². The van der Waals surface area contributed by atoms with Gasteiger partial charge in [0.2, 0.25) is 0 Å². The Morgan fingerprint density at radius 2 is 1.19 bits per heavy atom. The molecule has 0 aliphatic carbocycles. The number of ether oxygens (including phenoxy) is 2. The molecule has 0 unspecified atom stereocenters. The largest absolute Gasteiger partial charge is 0.448 e. The zero-order valence-electron chi connectivity index (χ0n) is 17.2. The van der Waals surface area contributed by atoms with Gasteiger partial charge in [-0.2, -0.15) is 0 Å². The summed E-state index contributed by atoms with van der Waals surface area (Å²) in [5.41, 5.74) is -1.43. The maximum atomic E-state index is 12.0. The number of benzene rings is 1. The predicted molar refractivity (Wildman–Crippen MR) is 109 cm³/mol. The van der Waals surface area contributed by atoms with Crippen molar-refractivity contribution >= 4 is 23.6 Å². The average molecular weight is 446 g/mol. The summed E-state index contributed by atoms with van der Waals surface area (Å²) in [7, 11) is 0. The lowest BCUT2D eigenvalue weighted by Gasteiger charge is -2.26. The molecule has 31 heavy (non-hydrogen) atoms. The first-order chi connectivity index (χ1) is 14.7. The van der Waals surface area contributed by atoms with E-state index in [1.54, 1.807) is 6.92 Å². The van der Waals surface area contributed by atoms with Crippen molar-refractivity contribution < 1.29 is 49.7 Å². The lowest BCUT2D eigenvalue weighted by molar-refractivity contribution is -0.0360. The highest BCUT2D eigenvalue weighted by Gasteiger charge is 2.31. The fraction of sp³-hybridized carbons (Fsp3) is 0.579. The van der Waals surface area contributed by atoms with E-state index in [1.165, 1.54) is 18.2 Å². The topological polar surface area (TPSA) is 198 Å². The summed E-state index contributed by atoms with van der Waals surface area (Å²) >= 11 is 0. The van der Waals surface area contributed by atoms with Crippen LogP contribution in [0, 0.1) is 17.8 Å². The first-order valence-corrected chi connectivity index (χ1v) is 9.36. The molecule has 2 amide bonds. The third-order valence-corrected chi connectivity index (χ3v) is 4.74. The van der Waals surface area contributed by atoms with E-state index < -0.39 is 75.9 Å². The number of aliphatic hydroxyl groups excluding tert-OH is 6. The normalized spacial score (nSPS) is 11.7. The minimum atomic E-state index is -1.35. The van der Waals surface area contributed by atoms with Crippen molar-refractivity contribution in [3.63, 3.8) is 0 Å². The Bertz CT molecular complexity index is 703. The first-order valence-electron chi connectivity index (χ1n) is 9.36. The van der Waals surface area contributed by atoms with Crippen LogP contribution in [0.25, 0.3) is 0 Å². The number of carbonyl (C=O) groups excluding carboxylic acids is 2. The maximum absolute atomic E-state index is 12.0. The molecule has 0 heterocycles. The van der Waals surface area contributed by atoms with Crippen LogP contribution in [0.2, 0.25) is 0 Å². The van der Waals surface area contributed by atoms with Crippen molar-refractivity contribution in [1.29, 1.82) is 0 Å². The number of rotatable bonds is 12. The van der Waals surface area contributed by atoms with Gasteiger partial charge in [-0.25, -0.2) is 9.59 Å². The third kappa shape index (κ3) is 7.61. The van der Waals surface area contributed by atoms with Crippen molar-refractivity contribution in [3.05, 3.63) is 23.8 Å². The summed E-state index contributed by atoms with van der Waals surface area (Å²) in [4.78, 5) is 23.9. The molecule has 0 saturated carbocycles. The Morgan fingerprint density at radius 3 is 1.58 bits per heavy atom. The molecule has 0 saturated heterocycles. The van der Waals surface area contributed by atoms with Gasteiger partial charge in [0, 0.05) is 11.4 Å². The highest BCUT2D eigenvalue weighted by Crippen LogP contribution is 2.22. The number of amides is 2. The minimum Gasteiger partial charge on any atom is -0.448 e. The van der Waals surface area contributed by atoms with Crippen molar-refractivity contribution in [2.45, 2.75) is 6.92 Å². The molecule has 1 aromatic rings. The van der Waals surface area contributed by atoms with Gasteiger partial charge >= 0.3 is 12.2 Å². The molecule has 0 spiro atoms. The molecular formula is C19H30N2O10. The number of carbonyl (C=O) groups is 2. The van der Waals surface area contributed by atoms with E-state index in [-0.39, 0.29) is 0 Å². The standard InChI is InChI=1S/C19H30N2O10/c1-13-4-14(20-16(28)30-11-18(5-22,6-23)7-24)2-3-15(13)21-17(29)31-12-19(8-25,9-26)10-27/h2-4,22-27H,5-12H2,1H3,(H,20,28)(H,21,29). The summed E-state index contributed by atoms with van der Waals surface area (Å²) in [6, 6.07) is 4.50. The van der Waals surface area contributed by atoms with E-state index in [1.807, 2.05) is 0 Å². The molecular weight excluding hydrogens is 416 g/mol. The number of aliphatic hydroxyl groups is 6. The van der Waals surface area contributed by atoms with E-state index >= 15 is 0 Å². The van der Waals surface area contributed by atoms with E-state index in [9.17, 15) is 40.2 Å². The van der Waals surface area contributed by atoms with Crippen molar-refractivity contribution in [3.8, 4) is 0 Å². The van der Waals surface area contributed by atoms with Gasteiger partial charge in [-0.3, -0.25) is 10.6 Å². The van der Waals surface area contributed by atoms with Gasteiger partial charge in [0.25, 0.3) is 0 Å². The SMILES string of the molecule is Cc1cc(NC(=O)OCC(CO)(CO)CO)ccc1NC(=O)OCC(CO)(CO)CO. The highest BCUT2D eigenvalue weighted by molar-refractivity contribution is 5.88. The molecule has 1 aromatic carbocycles. The summed E-state index contributed by atoms with van der Waals surface area (Å²) in [5, 5.41) is 60.3. The van der Waals surface area contributed by atoms with Crippen molar-refractivity contribution in [2.75, 3.05) is 63.5 Å². The van der Waals surface area contributed by atoms with Crippen LogP contribution in [-0.2, 0) is 9.47 Å².